The van der Waals surface area contributed by atoms with E-state index in [0.29, 0.717) is 12.2 Å². The minimum Gasteiger partial charge on any atom is -0.367 e. The van der Waals surface area contributed by atoms with Gasteiger partial charge in [0.05, 0.1) is 0 Å². The van der Waals surface area contributed by atoms with Crippen molar-refractivity contribution in [3.05, 3.63) is 59.8 Å². The highest BCUT2D eigenvalue weighted by Crippen LogP contribution is 2.08. The third kappa shape index (κ3) is 2.22. The highest BCUT2D eigenvalue weighted by atomic mass is 16.1. The van der Waals surface area contributed by atoms with Crippen molar-refractivity contribution in [3.8, 4) is 0 Å². The second-order valence-electron chi connectivity index (χ2n) is 4.42. The predicted molar refractivity (Wildman–Crippen MR) is 71.9 cm³/mol. The minimum atomic E-state index is -0.163. The maximum atomic E-state index is 12.0. The Bertz CT molecular complexity index is 712. The lowest BCUT2D eigenvalue weighted by atomic mass is 10.3. The molecule has 0 spiro atoms. The van der Waals surface area contributed by atoms with Gasteiger partial charge in [-0.05, 0) is 30.7 Å². The Kier molecular flexibility index (Phi) is 2.79. The van der Waals surface area contributed by atoms with E-state index in [9.17, 15) is 4.79 Å². The van der Waals surface area contributed by atoms with Crippen LogP contribution >= 0.6 is 0 Å². The summed E-state index contributed by atoms with van der Waals surface area (Å²) in [4.78, 5) is 19.3. The number of nitrogens with zero attached hydrogens (tertiary/aromatic N) is 2. The molecule has 0 atom stereocenters. The molecule has 3 aromatic heterocycles. The van der Waals surface area contributed by atoms with Crippen molar-refractivity contribution in [2.75, 3.05) is 0 Å². The standard InChI is InChI=1S/C14H14N4O/c1-10-3-2-4-13-17-12(9-18(10)13)14(19)16-8-11-5-6-15-7-11/h2-7,9,15H,8H2,1H3,(H,16,19). The normalized spacial score (nSPS) is 10.8. The largest absolute Gasteiger partial charge is 0.367 e. The molecule has 0 unspecified atom stereocenters. The average molecular weight is 254 g/mol. The number of aromatic nitrogens is 3. The lowest BCUT2D eigenvalue weighted by Gasteiger charge is -2.00. The maximum Gasteiger partial charge on any atom is 0.271 e. The van der Waals surface area contributed by atoms with Crippen LogP contribution in [-0.4, -0.2) is 20.3 Å². The van der Waals surface area contributed by atoms with Gasteiger partial charge in [-0.2, -0.15) is 0 Å². The number of hydrogen-bond acceptors (Lipinski definition) is 2. The van der Waals surface area contributed by atoms with Crippen LogP contribution in [0, 0.1) is 6.92 Å². The van der Waals surface area contributed by atoms with E-state index in [-0.39, 0.29) is 5.91 Å². The Morgan fingerprint density at radius 1 is 1.42 bits per heavy atom. The first-order valence-corrected chi connectivity index (χ1v) is 6.08. The van der Waals surface area contributed by atoms with Crippen LogP contribution in [0.3, 0.4) is 0 Å². The van der Waals surface area contributed by atoms with E-state index >= 15 is 0 Å². The Balaban J connectivity index is 1.80. The van der Waals surface area contributed by atoms with Crippen LogP contribution in [-0.2, 0) is 6.54 Å². The highest BCUT2D eigenvalue weighted by Gasteiger charge is 2.10. The summed E-state index contributed by atoms with van der Waals surface area (Å²) < 4.78 is 1.91. The predicted octanol–water partition coefficient (Wildman–Crippen LogP) is 1.90. The fourth-order valence-corrected chi connectivity index (χ4v) is 2.00. The first-order valence-electron chi connectivity index (χ1n) is 6.08. The number of amides is 1. The summed E-state index contributed by atoms with van der Waals surface area (Å²) in [5, 5.41) is 2.85. The first kappa shape index (κ1) is 11.5. The molecule has 3 aromatic rings. The van der Waals surface area contributed by atoms with Gasteiger partial charge in [0, 0.05) is 30.8 Å². The van der Waals surface area contributed by atoms with E-state index in [4.69, 9.17) is 0 Å². The van der Waals surface area contributed by atoms with Crippen LogP contribution in [0.25, 0.3) is 5.65 Å². The van der Waals surface area contributed by atoms with E-state index in [2.05, 4.69) is 15.3 Å². The number of nitrogens with one attached hydrogen (secondary N) is 2. The van der Waals surface area contributed by atoms with E-state index < -0.39 is 0 Å². The molecule has 3 heterocycles. The topological polar surface area (TPSA) is 62.2 Å². The minimum absolute atomic E-state index is 0.163. The molecule has 2 N–H and O–H groups in total. The lowest BCUT2D eigenvalue weighted by molar-refractivity contribution is 0.0946. The van der Waals surface area contributed by atoms with E-state index in [1.165, 1.54) is 0 Å². The molecule has 3 rings (SSSR count). The molecule has 0 radical (unpaired) electrons. The number of imidazole rings is 1. The summed E-state index contributed by atoms with van der Waals surface area (Å²) in [6, 6.07) is 7.72. The zero-order valence-electron chi connectivity index (χ0n) is 10.6. The third-order valence-corrected chi connectivity index (χ3v) is 3.04. The van der Waals surface area contributed by atoms with Gasteiger partial charge in [0.15, 0.2) is 0 Å². The van der Waals surface area contributed by atoms with Crippen LogP contribution < -0.4 is 5.32 Å². The molecule has 0 bridgehead atoms. The summed E-state index contributed by atoms with van der Waals surface area (Å²) in [5.41, 5.74) is 3.31. The fourth-order valence-electron chi connectivity index (χ4n) is 2.00. The molecule has 0 aliphatic carbocycles. The van der Waals surface area contributed by atoms with Crippen LogP contribution in [0.2, 0.25) is 0 Å². The Morgan fingerprint density at radius 2 is 2.32 bits per heavy atom. The van der Waals surface area contributed by atoms with Crippen molar-refractivity contribution in [1.82, 2.24) is 19.7 Å². The number of rotatable bonds is 3. The van der Waals surface area contributed by atoms with Crippen molar-refractivity contribution in [1.29, 1.82) is 0 Å². The zero-order chi connectivity index (χ0) is 13.2. The number of H-pyrrole nitrogens is 1. The SMILES string of the molecule is Cc1cccc2nc(C(=O)NCc3cc[nH]c3)cn12. The van der Waals surface area contributed by atoms with E-state index in [0.717, 1.165) is 16.9 Å². The summed E-state index contributed by atoms with van der Waals surface area (Å²) in [7, 11) is 0. The number of aryl methyl sites for hydroxylation is 1. The van der Waals surface area contributed by atoms with Crippen LogP contribution in [0.4, 0.5) is 0 Å². The van der Waals surface area contributed by atoms with Crippen LogP contribution in [0.15, 0.2) is 42.9 Å². The zero-order valence-corrected chi connectivity index (χ0v) is 10.6. The van der Waals surface area contributed by atoms with Gasteiger partial charge >= 0.3 is 0 Å². The summed E-state index contributed by atoms with van der Waals surface area (Å²) in [6.45, 7) is 2.48. The molecule has 5 nitrogen and oxygen atoms in total. The van der Waals surface area contributed by atoms with E-state index in [1.54, 1.807) is 6.20 Å². The average Bonchev–Trinajstić information content (AvgIpc) is 3.05. The molecule has 0 fully saturated rings. The number of aromatic amines is 1. The summed E-state index contributed by atoms with van der Waals surface area (Å²) in [6.07, 6.45) is 5.45. The number of fused-ring (bicyclic) bond motifs is 1. The van der Waals surface area contributed by atoms with Gasteiger partial charge in [0.1, 0.15) is 11.3 Å². The molecule has 96 valence electrons. The Hall–Kier alpha value is -2.56. The lowest BCUT2D eigenvalue weighted by Crippen LogP contribution is -2.22. The quantitative estimate of drug-likeness (QED) is 0.750. The van der Waals surface area contributed by atoms with Gasteiger partial charge in [0.25, 0.3) is 5.91 Å². The Morgan fingerprint density at radius 3 is 3.05 bits per heavy atom. The molecule has 19 heavy (non-hydrogen) atoms. The van der Waals surface area contributed by atoms with Crippen LogP contribution in [0.1, 0.15) is 21.7 Å². The second-order valence-corrected chi connectivity index (χ2v) is 4.42. The molecule has 0 aliphatic rings. The molecule has 0 aromatic carbocycles. The number of carbonyl (C=O) groups is 1. The number of pyridine rings is 1. The molecule has 1 amide bonds. The van der Waals surface area contributed by atoms with Crippen molar-refractivity contribution in [2.45, 2.75) is 13.5 Å². The van der Waals surface area contributed by atoms with Gasteiger partial charge in [-0.25, -0.2) is 4.98 Å². The van der Waals surface area contributed by atoms with Gasteiger partial charge in [0.2, 0.25) is 0 Å². The number of carbonyl (C=O) groups excluding carboxylic acids is 1. The van der Waals surface area contributed by atoms with Gasteiger partial charge in [-0.1, -0.05) is 6.07 Å². The molecule has 5 heteroatoms. The molecule has 0 aliphatic heterocycles. The van der Waals surface area contributed by atoms with Crippen molar-refractivity contribution in [3.63, 3.8) is 0 Å². The molecular weight excluding hydrogens is 240 g/mol. The smallest absolute Gasteiger partial charge is 0.271 e. The Labute approximate surface area is 110 Å². The number of hydrogen-bond donors (Lipinski definition) is 2. The van der Waals surface area contributed by atoms with Gasteiger partial charge < -0.3 is 14.7 Å². The fraction of sp³-hybridized carbons (Fsp3) is 0.143. The van der Waals surface area contributed by atoms with Crippen molar-refractivity contribution in [2.24, 2.45) is 0 Å². The van der Waals surface area contributed by atoms with Gasteiger partial charge in [-0.15, -0.1) is 0 Å². The molecular formula is C14H14N4O. The van der Waals surface area contributed by atoms with Crippen molar-refractivity contribution >= 4 is 11.6 Å². The summed E-state index contributed by atoms with van der Waals surface area (Å²) in [5.74, 6) is -0.163. The summed E-state index contributed by atoms with van der Waals surface area (Å²) >= 11 is 0. The maximum absolute atomic E-state index is 12.0. The highest BCUT2D eigenvalue weighted by molar-refractivity contribution is 5.92. The van der Waals surface area contributed by atoms with E-state index in [1.807, 2.05) is 48.0 Å². The first-order chi connectivity index (χ1) is 9.24. The van der Waals surface area contributed by atoms with Gasteiger partial charge in [-0.3, -0.25) is 4.79 Å². The monoisotopic (exact) mass is 254 g/mol. The third-order valence-electron chi connectivity index (χ3n) is 3.04. The molecule has 0 saturated carbocycles. The molecule has 0 saturated heterocycles. The van der Waals surface area contributed by atoms with Crippen molar-refractivity contribution < 1.29 is 4.79 Å². The van der Waals surface area contributed by atoms with Crippen LogP contribution in [0.5, 0.6) is 0 Å². The second kappa shape index (κ2) is 4.61.